The van der Waals surface area contributed by atoms with Crippen LogP contribution in [0.2, 0.25) is 0 Å². The van der Waals surface area contributed by atoms with Gasteiger partial charge in [-0.15, -0.1) is 0 Å². The SMILES string of the molecule is C=C(C)C(=O)NCc1nc2ccccc2n1C(C)c1ccccc1. The van der Waals surface area contributed by atoms with E-state index in [-0.39, 0.29) is 11.9 Å². The van der Waals surface area contributed by atoms with Gasteiger partial charge in [0.1, 0.15) is 5.82 Å². The summed E-state index contributed by atoms with van der Waals surface area (Å²) in [5.74, 6) is 0.683. The average molecular weight is 319 g/mol. The van der Waals surface area contributed by atoms with Crippen LogP contribution in [0.15, 0.2) is 66.7 Å². The minimum absolute atomic E-state index is 0.121. The number of hydrogen-bond acceptors (Lipinski definition) is 2. The van der Waals surface area contributed by atoms with Crippen LogP contribution in [-0.4, -0.2) is 15.5 Å². The zero-order valence-electron chi connectivity index (χ0n) is 14.0. The molecule has 1 heterocycles. The van der Waals surface area contributed by atoms with Crippen molar-refractivity contribution in [2.75, 3.05) is 0 Å². The number of carbonyl (C=O) groups is 1. The lowest BCUT2D eigenvalue weighted by Crippen LogP contribution is -2.25. The maximum absolute atomic E-state index is 11.8. The molecule has 24 heavy (non-hydrogen) atoms. The molecule has 0 aliphatic rings. The quantitative estimate of drug-likeness (QED) is 0.726. The van der Waals surface area contributed by atoms with Gasteiger partial charge in [-0.3, -0.25) is 4.79 Å². The number of carbonyl (C=O) groups excluding carboxylic acids is 1. The van der Waals surface area contributed by atoms with Crippen molar-refractivity contribution in [1.82, 2.24) is 14.9 Å². The van der Waals surface area contributed by atoms with Gasteiger partial charge < -0.3 is 9.88 Å². The minimum atomic E-state index is -0.152. The number of fused-ring (bicyclic) bond motifs is 1. The molecule has 0 aliphatic carbocycles. The van der Waals surface area contributed by atoms with Gasteiger partial charge in [-0.1, -0.05) is 49.0 Å². The molecule has 0 saturated heterocycles. The molecule has 0 bridgehead atoms. The molecule has 4 nitrogen and oxygen atoms in total. The first-order valence-electron chi connectivity index (χ1n) is 8.02. The molecular formula is C20H21N3O. The second-order valence-electron chi connectivity index (χ2n) is 5.94. The van der Waals surface area contributed by atoms with E-state index in [1.54, 1.807) is 6.92 Å². The van der Waals surface area contributed by atoms with E-state index in [0.29, 0.717) is 12.1 Å². The van der Waals surface area contributed by atoms with Crippen molar-refractivity contribution in [3.63, 3.8) is 0 Å². The van der Waals surface area contributed by atoms with Crippen molar-refractivity contribution >= 4 is 16.9 Å². The first-order valence-corrected chi connectivity index (χ1v) is 8.02. The van der Waals surface area contributed by atoms with E-state index >= 15 is 0 Å². The zero-order chi connectivity index (χ0) is 17.1. The van der Waals surface area contributed by atoms with Gasteiger partial charge in [0.25, 0.3) is 0 Å². The monoisotopic (exact) mass is 319 g/mol. The molecule has 1 amide bonds. The summed E-state index contributed by atoms with van der Waals surface area (Å²) in [6, 6.07) is 18.5. The van der Waals surface area contributed by atoms with Crippen molar-refractivity contribution in [3.8, 4) is 0 Å². The highest BCUT2D eigenvalue weighted by molar-refractivity contribution is 5.92. The van der Waals surface area contributed by atoms with Gasteiger partial charge in [0, 0.05) is 5.57 Å². The second-order valence-corrected chi connectivity index (χ2v) is 5.94. The number of aromatic nitrogens is 2. The number of para-hydroxylation sites is 2. The molecule has 0 radical (unpaired) electrons. The third-order valence-electron chi connectivity index (χ3n) is 4.13. The average Bonchev–Trinajstić information content (AvgIpc) is 2.98. The van der Waals surface area contributed by atoms with Crippen LogP contribution in [0.3, 0.4) is 0 Å². The fraction of sp³-hybridized carbons (Fsp3) is 0.200. The molecule has 3 aromatic rings. The molecule has 0 saturated carbocycles. The fourth-order valence-electron chi connectivity index (χ4n) is 2.84. The third kappa shape index (κ3) is 3.08. The van der Waals surface area contributed by atoms with E-state index in [0.717, 1.165) is 16.9 Å². The maximum atomic E-state index is 11.8. The Labute approximate surface area is 141 Å². The van der Waals surface area contributed by atoms with Crippen LogP contribution in [0.4, 0.5) is 0 Å². The van der Waals surface area contributed by atoms with E-state index in [4.69, 9.17) is 4.98 Å². The Morgan fingerprint density at radius 1 is 1.17 bits per heavy atom. The summed E-state index contributed by atoms with van der Waals surface area (Å²) in [5.41, 5.74) is 3.69. The highest BCUT2D eigenvalue weighted by Gasteiger charge is 2.17. The summed E-state index contributed by atoms with van der Waals surface area (Å²) in [5, 5.41) is 2.88. The number of nitrogens with one attached hydrogen (secondary N) is 1. The van der Waals surface area contributed by atoms with Crippen LogP contribution in [-0.2, 0) is 11.3 Å². The zero-order valence-corrected chi connectivity index (χ0v) is 14.0. The Kier molecular flexibility index (Phi) is 4.47. The van der Waals surface area contributed by atoms with E-state index in [9.17, 15) is 4.79 Å². The second kappa shape index (κ2) is 6.71. The van der Waals surface area contributed by atoms with Gasteiger partial charge in [0.15, 0.2) is 0 Å². The Morgan fingerprint density at radius 2 is 1.83 bits per heavy atom. The highest BCUT2D eigenvalue weighted by Crippen LogP contribution is 2.26. The van der Waals surface area contributed by atoms with Gasteiger partial charge in [0.05, 0.1) is 23.6 Å². The first kappa shape index (κ1) is 16.0. The van der Waals surface area contributed by atoms with E-state index < -0.39 is 0 Å². The van der Waals surface area contributed by atoms with Gasteiger partial charge in [-0.05, 0) is 31.5 Å². The summed E-state index contributed by atoms with van der Waals surface area (Å²) in [4.78, 5) is 16.5. The molecule has 1 aromatic heterocycles. The van der Waals surface area contributed by atoms with Crippen molar-refractivity contribution in [1.29, 1.82) is 0 Å². The molecule has 2 aromatic carbocycles. The van der Waals surface area contributed by atoms with Crippen molar-refractivity contribution in [2.24, 2.45) is 0 Å². The smallest absolute Gasteiger partial charge is 0.246 e. The van der Waals surface area contributed by atoms with Gasteiger partial charge in [-0.25, -0.2) is 4.98 Å². The summed E-state index contributed by atoms with van der Waals surface area (Å²) < 4.78 is 2.18. The molecule has 0 spiro atoms. The molecule has 4 heteroatoms. The van der Waals surface area contributed by atoms with Crippen LogP contribution in [0.25, 0.3) is 11.0 Å². The Bertz CT molecular complexity index is 880. The van der Waals surface area contributed by atoms with Crippen molar-refractivity contribution < 1.29 is 4.79 Å². The maximum Gasteiger partial charge on any atom is 0.246 e. The summed E-state index contributed by atoms with van der Waals surface area (Å²) in [7, 11) is 0. The van der Waals surface area contributed by atoms with Crippen LogP contribution >= 0.6 is 0 Å². The Morgan fingerprint density at radius 3 is 2.54 bits per heavy atom. The lowest BCUT2D eigenvalue weighted by Gasteiger charge is -2.18. The number of nitrogens with zero attached hydrogens (tertiary/aromatic N) is 2. The molecule has 0 fully saturated rings. The standard InChI is InChI=1S/C20H21N3O/c1-14(2)20(24)21-13-19-22-17-11-7-8-12-18(17)23(19)15(3)16-9-5-4-6-10-16/h4-12,15H,1,13H2,2-3H3,(H,21,24). The topological polar surface area (TPSA) is 46.9 Å². The minimum Gasteiger partial charge on any atom is -0.345 e. The van der Waals surface area contributed by atoms with Gasteiger partial charge in [0.2, 0.25) is 5.91 Å². The largest absolute Gasteiger partial charge is 0.345 e. The van der Waals surface area contributed by atoms with Gasteiger partial charge >= 0.3 is 0 Å². The lowest BCUT2D eigenvalue weighted by molar-refractivity contribution is -0.117. The van der Waals surface area contributed by atoms with E-state index in [1.165, 1.54) is 5.56 Å². The number of rotatable bonds is 5. The Hall–Kier alpha value is -2.88. The predicted octanol–water partition coefficient (Wildman–Crippen LogP) is 3.84. The molecular weight excluding hydrogens is 298 g/mol. The first-order chi connectivity index (χ1) is 11.6. The summed E-state index contributed by atoms with van der Waals surface area (Å²) >= 11 is 0. The van der Waals surface area contributed by atoms with E-state index in [1.807, 2.05) is 36.4 Å². The molecule has 3 rings (SSSR count). The van der Waals surface area contributed by atoms with Crippen molar-refractivity contribution in [3.05, 3.63) is 78.1 Å². The van der Waals surface area contributed by atoms with E-state index in [2.05, 4.69) is 41.6 Å². The van der Waals surface area contributed by atoms with Crippen LogP contribution < -0.4 is 5.32 Å². The number of benzene rings is 2. The summed E-state index contributed by atoms with van der Waals surface area (Å²) in [6.07, 6.45) is 0. The summed E-state index contributed by atoms with van der Waals surface area (Å²) in [6.45, 7) is 7.89. The molecule has 1 atom stereocenters. The van der Waals surface area contributed by atoms with Crippen LogP contribution in [0, 0.1) is 0 Å². The predicted molar refractivity (Wildman–Crippen MR) is 96.6 cm³/mol. The third-order valence-corrected chi connectivity index (χ3v) is 4.13. The fourth-order valence-corrected chi connectivity index (χ4v) is 2.84. The number of amides is 1. The molecule has 0 aliphatic heterocycles. The molecule has 1 N–H and O–H groups in total. The Balaban J connectivity index is 2.02. The van der Waals surface area contributed by atoms with Gasteiger partial charge in [-0.2, -0.15) is 0 Å². The lowest BCUT2D eigenvalue weighted by atomic mass is 10.1. The number of hydrogen-bond donors (Lipinski definition) is 1. The van der Waals surface area contributed by atoms with Crippen LogP contribution in [0.1, 0.15) is 31.3 Å². The van der Waals surface area contributed by atoms with Crippen molar-refractivity contribution in [2.45, 2.75) is 26.4 Å². The molecule has 1 unspecified atom stereocenters. The van der Waals surface area contributed by atoms with Crippen LogP contribution in [0.5, 0.6) is 0 Å². The normalized spacial score (nSPS) is 12.1. The molecule has 122 valence electrons. The number of imidazole rings is 1. The highest BCUT2D eigenvalue weighted by atomic mass is 16.1.